The Kier molecular flexibility index (Phi) is 7.26. The van der Waals surface area contributed by atoms with E-state index in [1.165, 1.54) is 65.0 Å². The van der Waals surface area contributed by atoms with Crippen LogP contribution in [0.5, 0.6) is 0 Å². The summed E-state index contributed by atoms with van der Waals surface area (Å²) >= 11 is 0. The highest BCUT2D eigenvalue weighted by Crippen LogP contribution is 2.48. The van der Waals surface area contributed by atoms with Gasteiger partial charge < -0.3 is 9.32 Å². The number of hydrogen-bond donors (Lipinski definition) is 0. The van der Waals surface area contributed by atoms with Gasteiger partial charge in [-0.05, 0) is 113 Å². The first-order chi connectivity index (χ1) is 28.8. The normalized spacial score (nSPS) is 11.8. The molecule has 11 aromatic carbocycles. The van der Waals surface area contributed by atoms with Crippen molar-refractivity contribution in [3.63, 3.8) is 0 Å². The fourth-order valence-corrected chi connectivity index (χ4v) is 9.28. The summed E-state index contributed by atoms with van der Waals surface area (Å²) in [6, 6.07) is 76.9. The largest absolute Gasteiger partial charge is 0.453 e. The monoisotopic (exact) mass is 737 g/mol. The molecule has 2 heteroatoms. The van der Waals surface area contributed by atoms with Crippen molar-refractivity contribution in [3.8, 4) is 22.3 Å². The number of fused-ring (bicyclic) bond motifs is 11. The van der Waals surface area contributed by atoms with Crippen LogP contribution in [0.2, 0.25) is 0 Å². The van der Waals surface area contributed by atoms with E-state index in [2.05, 4.69) is 217 Å². The van der Waals surface area contributed by atoms with E-state index in [0.717, 1.165) is 50.1 Å². The fraction of sp³-hybridized carbons (Fsp3) is 0. The van der Waals surface area contributed by atoms with Crippen LogP contribution in [0.25, 0.3) is 98.1 Å². The average Bonchev–Trinajstić information content (AvgIpc) is 3.67. The molecule has 0 N–H and O–H groups in total. The van der Waals surface area contributed by atoms with E-state index < -0.39 is 0 Å². The van der Waals surface area contributed by atoms with Gasteiger partial charge in [0.15, 0.2) is 5.58 Å². The highest BCUT2D eigenvalue weighted by molar-refractivity contribution is 6.26. The second kappa shape index (κ2) is 12.9. The third kappa shape index (κ3) is 5.05. The maximum Gasteiger partial charge on any atom is 0.159 e. The molecule has 12 aromatic rings. The Bertz CT molecular complexity index is 3530. The molecule has 0 aliphatic carbocycles. The number of hydrogen-bond acceptors (Lipinski definition) is 2. The topological polar surface area (TPSA) is 16.4 Å². The third-order valence-electron chi connectivity index (χ3n) is 12.0. The smallest absolute Gasteiger partial charge is 0.159 e. The van der Waals surface area contributed by atoms with Crippen LogP contribution in [0, 0.1) is 0 Å². The van der Waals surface area contributed by atoms with Gasteiger partial charge in [0.1, 0.15) is 5.58 Å². The van der Waals surface area contributed by atoms with E-state index in [1.54, 1.807) is 0 Å². The second-order valence-corrected chi connectivity index (χ2v) is 15.2. The van der Waals surface area contributed by atoms with Crippen molar-refractivity contribution in [2.24, 2.45) is 0 Å². The first kappa shape index (κ1) is 32.6. The molecular formula is C56H35NO. The first-order valence-electron chi connectivity index (χ1n) is 19.9. The van der Waals surface area contributed by atoms with Crippen molar-refractivity contribution >= 4 is 92.9 Å². The van der Waals surface area contributed by atoms with E-state index in [9.17, 15) is 0 Å². The van der Waals surface area contributed by atoms with Crippen LogP contribution in [0.4, 0.5) is 17.1 Å². The fourth-order valence-electron chi connectivity index (χ4n) is 9.28. The minimum Gasteiger partial charge on any atom is -0.453 e. The number of furan rings is 1. The van der Waals surface area contributed by atoms with Crippen molar-refractivity contribution in [3.05, 3.63) is 212 Å². The average molecular weight is 738 g/mol. The standard InChI is InChI=1S/C56H35NO/c1-2-13-36(14-3-1)38-27-29-42(30-28-38)57(43-31-32-49-47-21-9-8-19-45(47)46-20-10-11-22-48(46)51(49)35-43)53-24-12-23-50-52-34-40-17-6-7-18-44(40)54(56(52)58-55(50)53)41-26-25-37-15-4-5-16-39(37)33-41/h1-35H. The van der Waals surface area contributed by atoms with Crippen molar-refractivity contribution in [1.82, 2.24) is 0 Å². The van der Waals surface area contributed by atoms with Gasteiger partial charge in [0.2, 0.25) is 0 Å². The van der Waals surface area contributed by atoms with Crippen molar-refractivity contribution in [2.75, 3.05) is 4.90 Å². The Hall–Kier alpha value is -7.68. The van der Waals surface area contributed by atoms with Gasteiger partial charge in [-0.2, -0.15) is 0 Å². The predicted molar refractivity (Wildman–Crippen MR) is 247 cm³/mol. The molecule has 0 amide bonds. The van der Waals surface area contributed by atoms with Gasteiger partial charge in [-0.1, -0.05) is 170 Å². The molecule has 0 unspecified atom stereocenters. The maximum absolute atomic E-state index is 7.28. The van der Waals surface area contributed by atoms with E-state index in [-0.39, 0.29) is 0 Å². The number of rotatable bonds is 5. The lowest BCUT2D eigenvalue weighted by Crippen LogP contribution is -2.10. The number of para-hydroxylation sites is 1. The van der Waals surface area contributed by atoms with E-state index in [0.29, 0.717) is 0 Å². The van der Waals surface area contributed by atoms with Crippen molar-refractivity contribution in [2.45, 2.75) is 0 Å². The van der Waals surface area contributed by atoms with Crippen LogP contribution < -0.4 is 4.90 Å². The van der Waals surface area contributed by atoms with Crippen LogP contribution >= 0.6 is 0 Å². The Morgan fingerprint density at radius 1 is 0.276 bits per heavy atom. The molecule has 0 aliphatic rings. The molecule has 0 saturated carbocycles. The molecule has 1 aromatic heterocycles. The highest BCUT2D eigenvalue weighted by atomic mass is 16.3. The third-order valence-corrected chi connectivity index (χ3v) is 12.0. The molecule has 0 saturated heterocycles. The summed E-state index contributed by atoms with van der Waals surface area (Å²) in [5, 5.41) is 14.5. The Balaban J connectivity index is 1.14. The van der Waals surface area contributed by atoms with E-state index >= 15 is 0 Å². The zero-order valence-electron chi connectivity index (χ0n) is 31.6. The van der Waals surface area contributed by atoms with Gasteiger partial charge in [0.25, 0.3) is 0 Å². The van der Waals surface area contributed by atoms with E-state index in [1.807, 2.05) is 0 Å². The number of nitrogens with zero attached hydrogens (tertiary/aromatic N) is 1. The van der Waals surface area contributed by atoms with Crippen LogP contribution in [0.3, 0.4) is 0 Å². The Morgan fingerprint density at radius 3 is 1.57 bits per heavy atom. The summed E-state index contributed by atoms with van der Waals surface area (Å²) in [4.78, 5) is 2.37. The zero-order chi connectivity index (χ0) is 38.2. The Morgan fingerprint density at radius 2 is 0.828 bits per heavy atom. The Labute approximate surface area is 335 Å². The quantitative estimate of drug-likeness (QED) is 0.164. The SMILES string of the molecule is c1ccc(-c2ccc(N(c3ccc4c5ccccc5c5ccccc5c4c3)c3cccc4c3oc3c(-c5ccc6ccccc6c5)c5ccccc5cc34)cc2)cc1. The summed E-state index contributed by atoms with van der Waals surface area (Å²) in [6.07, 6.45) is 0. The molecule has 0 aliphatic heterocycles. The van der Waals surface area contributed by atoms with Gasteiger partial charge >= 0.3 is 0 Å². The molecule has 58 heavy (non-hydrogen) atoms. The lowest BCUT2D eigenvalue weighted by molar-refractivity contribution is 0.670. The second-order valence-electron chi connectivity index (χ2n) is 15.2. The van der Waals surface area contributed by atoms with Crippen LogP contribution in [0.15, 0.2) is 217 Å². The van der Waals surface area contributed by atoms with Crippen molar-refractivity contribution < 1.29 is 4.42 Å². The maximum atomic E-state index is 7.28. The molecule has 0 radical (unpaired) electrons. The van der Waals surface area contributed by atoms with Crippen LogP contribution in [-0.2, 0) is 0 Å². The lowest BCUT2D eigenvalue weighted by Gasteiger charge is -2.26. The van der Waals surface area contributed by atoms with Gasteiger partial charge in [-0.15, -0.1) is 0 Å². The summed E-state index contributed by atoms with van der Waals surface area (Å²) in [5.41, 5.74) is 9.47. The van der Waals surface area contributed by atoms with E-state index in [4.69, 9.17) is 4.42 Å². The summed E-state index contributed by atoms with van der Waals surface area (Å²) in [5.74, 6) is 0. The first-order valence-corrected chi connectivity index (χ1v) is 19.9. The van der Waals surface area contributed by atoms with Gasteiger partial charge in [-0.25, -0.2) is 0 Å². The zero-order valence-corrected chi connectivity index (χ0v) is 31.6. The summed E-state index contributed by atoms with van der Waals surface area (Å²) in [6.45, 7) is 0. The number of benzene rings is 11. The minimum atomic E-state index is 0.852. The molecule has 2 nitrogen and oxygen atoms in total. The summed E-state index contributed by atoms with van der Waals surface area (Å²) in [7, 11) is 0. The molecule has 0 bridgehead atoms. The highest BCUT2D eigenvalue weighted by Gasteiger charge is 2.23. The van der Waals surface area contributed by atoms with Crippen LogP contribution in [0.1, 0.15) is 0 Å². The molecule has 1 heterocycles. The number of anilines is 3. The van der Waals surface area contributed by atoms with Gasteiger partial charge in [0, 0.05) is 27.7 Å². The lowest BCUT2D eigenvalue weighted by atomic mass is 9.93. The molecule has 0 atom stereocenters. The summed E-state index contributed by atoms with van der Waals surface area (Å²) < 4.78 is 7.28. The van der Waals surface area contributed by atoms with Crippen LogP contribution in [-0.4, -0.2) is 0 Å². The molecule has 0 fully saturated rings. The minimum absolute atomic E-state index is 0.852. The van der Waals surface area contributed by atoms with Crippen molar-refractivity contribution in [1.29, 1.82) is 0 Å². The predicted octanol–water partition coefficient (Wildman–Crippen LogP) is 16.2. The molecular weight excluding hydrogens is 703 g/mol. The van der Waals surface area contributed by atoms with Gasteiger partial charge in [0.05, 0.1) is 5.69 Å². The van der Waals surface area contributed by atoms with Gasteiger partial charge in [-0.3, -0.25) is 0 Å². The molecule has 12 rings (SSSR count). The molecule has 0 spiro atoms. The molecule has 270 valence electrons.